The van der Waals surface area contributed by atoms with Crippen molar-refractivity contribution in [3.63, 3.8) is 0 Å². The summed E-state index contributed by atoms with van der Waals surface area (Å²) in [6, 6.07) is 5.99. The third-order valence-corrected chi connectivity index (χ3v) is 4.86. The Balaban J connectivity index is 0.000000502. The van der Waals surface area contributed by atoms with Gasteiger partial charge in [0.2, 0.25) is 0 Å². The van der Waals surface area contributed by atoms with Gasteiger partial charge < -0.3 is 5.11 Å². The number of aliphatic hydroxyl groups excluding tert-OH is 1. The summed E-state index contributed by atoms with van der Waals surface area (Å²) >= 11 is 0. The number of aliphatic hydroxyl groups is 1. The fraction of sp³-hybridized carbons (Fsp3) is 0.619. The van der Waals surface area contributed by atoms with Crippen LogP contribution >= 0.6 is 0 Å². The molecule has 1 rings (SSSR count). The predicted octanol–water partition coefficient (Wildman–Crippen LogP) is 5.70. The van der Waals surface area contributed by atoms with Gasteiger partial charge in [-0.25, -0.2) is 0 Å². The molecule has 0 unspecified atom stereocenters. The first-order valence-corrected chi connectivity index (χ1v) is 11.2. The Hall–Kier alpha value is -1.17. The minimum atomic E-state index is -4.02. The number of rotatable bonds is 12. The Kier molecular flexibility index (Phi) is 15.3. The highest BCUT2D eigenvalue weighted by Crippen LogP contribution is 2.09. The Morgan fingerprint density at radius 1 is 0.846 bits per heavy atom. The fourth-order valence-corrected chi connectivity index (χ4v) is 2.83. The van der Waals surface area contributed by atoms with Gasteiger partial charge in [0.1, 0.15) is 0 Å². The molecule has 0 radical (unpaired) electrons. The fourth-order valence-electron chi connectivity index (χ4n) is 2.35. The third-order valence-electron chi connectivity index (χ3n) is 3.99. The van der Waals surface area contributed by atoms with E-state index >= 15 is 0 Å². The van der Waals surface area contributed by atoms with Crippen LogP contribution in [0.4, 0.5) is 0 Å². The van der Waals surface area contributed by atoms with E-state index in [-0.39, 0.29) is 4.90 Å². The minimum Gasteiger partial charge on any atom is -0.396 e. The van der Waals surface area contributed by atoms with E-state index in [0.717, 1.165) is 12.0 Å². The van der Waals surface area contributed by atoms with E-state index < -0.39 is 10.1 Å². The lowest BCUT2D eigenvalue weighted by molar-refractivity contribution is 0.282. The van der Waals surface area contributed by atoms with Crippen LogP contribution in [0.1, 0.15) is 76.7 Å². The van der Waals surface area contributed by atoms with Crippen LogP contribution in [0, 0.1) is 6.92 Å². The zero-order valence-corrected chi connectivity index (χ0v) is 17.2. The zero-order valence-electron chi connectivity index (χ0n) is 16.4. The van der Waals surface area contributed by atoms with Crippen molar-refractivity contribution in [3.8, 4) is 0 Å². The van der Waals surface area contributed by atoms with Gasteiger partial charge in [-0.1, -0.05) is 75.3 Å². The maximum atomic E-state index is 10.5. The maximum absolute atomic E-state index is 10.5. The molecule has 0 aliphatic rings. The van der Waals surface area contributed by atoms with Gasteiger partial charge in [-0.2, -0.15) is 8.42 Å². The molecule has 5 heteroatoms. The highest BCUT2D eigenvalue weighted by Gasteiger charge is 2.06. The van der Waals surface area contributed by atoms with Crippen LogP contribution in [0.2, 0.25) is 0 Å². The molecule has 26 heavy (non-hydrogen) atoms. The second kappa shape index (κ2) is 16.0. The first-order valence-electron chi connectivity index (χ1n) is 9.71. The Morgan fingerprint density at radius 2 is 1.35 bits per heavy atom. The second-order valence-corrected chi connectivity index (χ2v) is 7.96. The van der Waals surface area contributed by atoms with Gasteiger partial charge in [0.25, 0.3) is 10.1 Å². The quantitative estimate of drug-likeness (QED) is 0.275. The lowest BCUT2D eigenvalue weighted by Gasteiger charge is -1.98. The normalized spacial score (nSPS) is 11.4. The average Bonchev–Trinajstić information content (AvgIpc) is 2.60. The van der Waals surface area contributed by atoms with E-state index in [0.29, 0.717) is 6.61 Å². The van der Waals surface area contributed by atoms with Crippen LogP contribution in [0.5, 0.6) is 0 Å². The van der Waals surface area contributed by atoms with Crippen LogP contribution in [-0.2, 0) is 10.1 Å². The van der Waals surface area contributed by atoms with Crippen molar-refractivity contribution in [1.29, 1.82) is 0 Å². The summed E-state index contributed by atoms with van der Waals surface area (Å²) in [7, 11) is -4.02. The van der Waals surface area contributed by atoms with Gasteiger partial charge in [0, 0.05) is 6.61 Å². The molecule has 0 aromatic heterocycles. The number of hydrogen-bond acceptors (Lipinski definition) is 3. The summed E-state index contributed by atoms with van der Waals surface area (Å²) in [6.45, 7) is 4.44. The molecule has 4 nitrogen and oxygen atoms in total. The van der Waals surface area contributed by atoms with Crippen molar-refractivity contribution in [1.82, 2.24) is 0 Å². The number of allylic oxidation sites excluding steroid dienone is 2. The molecule has 0 bridgehead atoms. The number of benzene rings is 1. The van der Waals surface area contributed by atoms with Crippen LogP contribution in [0.25, 0.3) is 0 Å². The van der Waals surface area contributed by atoms with Gasteiger partial charge >= 0.3 is 0 Å². The van der Waals surface area contributed by atoms with Crippen molar-refractivity contribution in [2.75, 3.05) is 6.61 Å². The molecule has 150 valence electrons. The van der Waals surface area contributed by atoms with Crippen LogP contribution < -0.4 is 0 Å². The summed E-state index contributed by atoms with van der Waals surface area (Å²) in [5, 5.41) is 8.60. The first kappa shape index (κ1) is 24.8. The van der Waals surface area contributed by atoms with Crippen molar-refractivity contribution >= 4 is 10.1 Å². The largest absolute Gasteiger partial charge is 0.396 e. The number of unbranched alkanes of at least 4 members (excludes halogenated alkanes) is 8. The molecule has 2 N–H and O–H groups in total. The highest BCUT2D eigenvalue weighted by atomic mass is 32.2. The summed E-state index contributed by atoms with van der Waals surface area (Å²) in [5.74, 6) is 0. The van der Waals surface area contributed by atoms with Crippen molar-refractivity contribution in [3.05, 3.63) is 42.0 Å². The molecule has 0 aliphatic heterocycles. The van der Waals surface area contributed by atoms with Crippen LogP contribution in [0.3, 0.4) is 0 Å². The second-order valence-electron chi connectivity index (χ2n) is 6.54. The van der Waals surface area contributed by atoms with E-state index in [9.17, 15) is 8.42 Å². The van der Waals surface area contributed by atoms with E-state index in [1.807, 2.05) is 6.92 Å². The summed E-state index contributed by atoms with van der Waals surface area (Å²) in [6.07, 6.45) is 17.3. The Labute approximate surface area is 160 Å². The standard InChI is InChI=1S/C14H28O.C7H8O3S/c1-2-3-4-5-6-7-8-9-10-11-12-13-14-15;1-6-2-4-7(5-3-6)11(8,9)10/h5-6,15H,2-4,7-14H2,1H3;2-5H,1H3,(H,8,9,10). The van der Waals surface area contributed by atoms with Crippen molar-refractivity contribution in [2.45, 2.75) is 83.0 Å². The molecule has 0 aliphatic carbocycles. The molecular weight excluding hydrogens is 348 g/mol. The molecule has 0 atom stereocenters. The number of hydrogen-bond donors (Lipinski definition) is 2. The van der Waals surface area contributed by atoms with Gasteiger partial charge in [-0.3, -0.25) is 4.55 Å². The molecule has 0 saturated heterocycles. The molecule has 1 aromatic carbocycles. The first-order chi connectivity index (χ1) is 12.4. The van der Waals surface area contributed by atoms with E-state index in [1.165, 1.54) is 69.9 Å². The molecule has 0 heterocycles. The molecule has 0 saturated carbocycles. The van der Waals surface area contributed by atoms with Crippen LogP contribution in [-0.4, -0.2) is 24.7 Å². The summed E-state index contributed by atoms with van der Waals surface area (Å²) < 4.78 is 29.6. The minimum absolute atomic E-state index is 0.0666. The maximum Gasteiger partial charge on any atom is 0.294 e. The third kappa shape index (κ3) is 15.1. The van der Waals surface area contributed by atoms with E-state index in [1.54, 1.807) is 12.1 Å². The van der Waals surface area contributed by atoms with Crippen LogP contribution in [0.15, 0.2) is 41.3 Å². The summed E-state index contributed by atoms with van der Waals surface area (Å²) in [5.41, 5.74) is 0.956. The molecule has 1 aromatic rings. The number of aryl methyl sites for hydroxylation is 1. The zero-order chi connectivity index (χ0) is 19.7. The topological polar surface area (TPSA) is 74.6 Å². The van der Waals surface area contributed by atoms with Gasteiger partial charge in [-0.05, 0) is 44.7 Å². The molecule has 0 spiro atoms. The Bertz CT molecular complexity index is 562. The monoisotopic (exact) mass is 384 g/mol. The smallest absolute Gasteiger partial charge is 0.294 e. The summed E-state index contributed by atoms with van der Waals surface area (Å²) in [4.78, 5) is -0.0666. The van der Waals surface area contributed by atoms with Crippen molar-refractivity contribution in [2.24, 2.45) is 0 Å². The Morgan fingerprint density at radius 3 is 1.85 bits per heavy atom. The lowest BCUT2D eigenvalue weighted by Crippen LogP contribution is -1.96. The van der Waals surface area contributed by atoms with Gasteiger partial charge in [0.05, 0.1) is 4.90 Å². The molecular formula is C21H36O4S. The van der Waals surface area contributed by atoms with Gasteiger partial charge in [0.15, 0.2) is 0 Å². The SMILES string of the molecule is CCCCC=CCCCCCCCCO.Cc1ccc(S(=O)(=O)O)cc1. The van der Waals surface area contributed by atoms with Gasteiger partial charge in [-0.15, -0.1) is 0 Å². The average molecular weight is 385 g/mol. The predicted molar refractivity (Wildman–Crippen MR) is 109 cm³/mol. The highest BCUT2D eigenvalue weighted by molar-refractivity contribution is 7.85. The van der Waals surface area contributed by atoms with Crippen molar-refractivity contribution < 1.29 is 18.1 Å². The van der Waals surface area contributed by atoms with E-state index in [4.69, 9.17) is 9.66 Å². The molecule has 0 fully saturated rings. The van der Waals surface area contributed by atoms with E-state index in [2.05, 4.69) is 19.1 Å². The lowest BCUT2D eigenvalue weighted by atomic mass is 10.1. The molecule has 0 amide bonds.